The molecule has 1 aromatic heterocycles. The van der Waals surface area contributed by atoms with Crippen LogP contribution in [-0.2, 0) is 18.4 Å². The number of para-hydroxylation sites is 1. The van der Waals surface area contributed by atoms with Crippen molar-refractivity contribution >= 4 is 17.6 Å². The molecule has 172 valence electrons. The Morgan fingerprint density at radius 3 is 2.72 bits per heavy atom. The van der Waals surface area contributed by atoms with Gasteiger partial charge in [-0.1, -0.05) is 18.2 Å². The second-order valence-electron chi connectivity index (χ2n) is 9.54. The van der Waals surface area contributed by atoms with E-state index in [-0.39, 0.29) is 17.9 Å². The Morgan fingerprint density at radius 1 is 1.25 bits per heavy atom. The highest BCUT2D eigenvalue weighted by molar-refractivity contribution is 5.90. The Bertz CT molecular complexity index is 986. The summed E-state index contributed by atoms with van der Waals surface area (Å²) >= 11 is 0. The molecule has 8 heteroatoms. The van der Waals surface area contributed by atoms with Gasteiger partial charge in [-0.2, -0.15) is 5.10 Å². The number of anilines is 1. The monoisotopic (exact) mass is 438 g/mol. The molecule has 0 saturated carbocycles. The molecular formula is C24H34N6O2. The normalized spacial score (nSPS) is 23.5. The summed E-state index contributed by atoms with van der Waals surface area (Å²) in [6.45, 7) is 5.52. The summed E-state index contributed by atoms with van der Waals surface area (Å²) in [4.78, 5) is 32.5. The Morgan fingerprint density at radius 2 is 2.03 bits per heavy atom. The number of carbonyl (C=O) groups excluding carboxylic acids is 2. The van der Waals surface area contributed by atoms with Crippen molar-refractivity contribution in [2.45, 2.75) is 26.3 Å². The fourth-order valence-electron chi connectivity index (χ4n) is 5.36. The number of hydrogen-bond acceptors (Lipinski definition) is 4. The number of hydrogen-bond donors (Lipinski definition) is 1. The first-order chi connectivity index (χ1) is 15.3. The molecule has 8 nitrogen and oxygen atoms in total. The maximum Gasteiger partial charge on any atom is 0.321 e. The lowest BCUT2D eigenvalue weighted by Crippen LogP contribution is -2.48. The highest BCUT2D eigenvalue weighted by Crippen LogP contribution is 2.44. The van der Waals surface area contributed by atoms with Crippen molar-refractivity contribution in [2.24, 2.45) is 18.4 Å². The van der Waals surface area contributed by atoms with Crippen molar-refractivity contribution in [3.63, 3.8) is 0 Å². The van der Waals surface area contributed by atoms with E-state index in [1.165, 1.54) is 0 Å². The maximum absolute atomic E-state index is 13.4. The van der Waals surface area contributed by atoms with Crippen LogP contribution in [-0.4, -0.2) is 76.7 Å². The van der Waals surface area contributed by atoms with Crippen LogP contribution >= 0.6 is 0 Å². The molecule has 32 heavy (non-hydrogen) atoms. The number of aromatic nitrogens is 2. The molecule has 2 fully saturated rings. The number of urea groups is 1. The van der Waals surface area contributed by atoms with Gasteiger partial charge in [-0.05, 0) is 31.4 Å². The quantitative estimate of drug-likeness (QED) is 0.796. The van der Waals surface area contributed by atoms with Crippen LogP contribution in [0, 0.1) is 18.3 Å². The van der Waals surface area contributed by atoms with Crippen molar-refractivity contribution in [3.8, 4) is 0 Å². The van der Waals surface area contributed by atoms with Gasteiger partial charge in [0, 0.05) is 77.2 Å². The highest BCUT2D eigenvalue weighted by Gasteiger charge is 2.53. The minimum atomic E-state index is -0.455. The second-order valence-corrected chi connectivity index (χ2v) is 9.54. The molecular weight excluding hydrogens is 404 g/mol. The van der Waals surface area contributed by atoms with E-state index in [2.05, 4.69) is 15.3 Å². The van der Waals surface area contributed by atoms with Crippen molar-refractivity contribution < 1.29 is 9.59 Å². The minimum absolute atomic E-state index is 0.0851. The van der Waals surface area contributed by atoms with E-state index in [0.29, 0.717) is 13.1 Å². The number of benzene rings is 1. The predicted molar refractivity (Wildman–Crippen MR) is 124 cm³/mol. The van der Waals surface area contributed by atoms with Crippen molar-refractivity contribution in [2.75, 3.05) is 45.6 Å². The fourth-order valence-corrected chi connectivity index (χ4v) is 5.36. The largest absolute Gasteiger partial charge is 0.348 e. The van der Waals surface area contributed by atoms with Gasteiger partial charge in [0.05, 0.1) is 11.6 Å². The number of likely N-dealkylation sites (tertiary alicyclic amines) is 2. The molecule has 0 aliphatic carbocycles. The molecule has 0 spiro atoms. The summed E-state index contributed by atoms with van der Waals surface area (Å²) in [6, 6.07) is 7.73. The number of carbonyl (C=O) groups is 2. The molecule has 3 amide bonds. The molecule has 0 bridgehead atoms. The number of amides is 3. The number of rotatable bonds is 4. The van der Waals surface area contributed by atoms with Crippen LogP contribution in [0.5, 0.6) is 0 Å². The van der Waals surface area contributed by atoms with Crippen LogP contribution in [0.25, 0.3) is 0 Å². The minimum Gasteiger partial charge on any atom is -0.348 e. The lowest BCUT2D eigenvalue weighted by molar-refractivity contribution is -0.141. The van der Waals surface area contributed by atoms with Crippen LogP contribution in [0.4, 0.5) is 10.5 Å². The van der Waals surface area contributed by atoms with Gasteiger partial charge >= 0.3 is 6.03 Å². The van der Waals surface area contributed by atoms with Gasteiger partial charge in [-0.15, -0.1) is 0 Å². The molecule has 2 aliphatic heterocycles. The number of nitrogens with one attached hydrogen (secondary N) is 1. The Balaban J connectivity index is 1.53. The van der Waals surface area contributed by atoms with Crippen LogP contribution in [0.1, 0.15) is 24.0 Å². The molecule has 2 aliphatic rings. The van der Waals surface area contributed by atoms with E-state index >= 15 is 0 Å². The van der Waals surface area contributed by atoms with E-state index in [1.807, 2.05) is 74.3 Å². The van der Waals surface area contributed by atoms with Gasteiger partial charge in [0.25, 0.3) is 0 Å². The standard InChI is InChI=1S/C24H34N6O2/c1-18-8-5-6-9-21(18)26-23(32)30-11-7-10-24(22(31)27(2)3)17-29(15-20(24)16-30)14-19-12-25-28(4)13-19/h5-6,8-9,12-13,20H,7,10-11,14-17H2,1-4H3,(H,26,32)/t20-,24-/m0/s1. The average Bonchev–Trinajstić information content (AvgIpc) is 3.26. The van der Waals surface area contributed by atoms with E-state index in [4.69, 9.17) is 0 Å². The summed E-state index contributed by atoms with van der Waals surface area (Å²) in [7, 11) is 5.59. The first-order valence-corrected chi connectivity index (χ1v) is 11.3. The third-order valence-electron chi connectivity index (χ3n) is 6.93. The second kappa shape index (κ2) is 8.94. The van der Waals surface area contributed by atoms with Crippen LogP contribution < -0.4 is 5.32 Å². The smallest absolute Gasteiger partial charge is 0.321 e. The Kier molecular flexibility index (Phi) is 6.24. The number of fused-ring (bicyclic) bond motifs is 1. The third kappa shape index (κ3) is 4.37. The molecule has 4 rings (SSSR count). The first kappa shape index (κ1) is 22.3. The van der Waals surface area contributed by atoms with Crippen LogP contribution in [0.15, 0.2) is 36.7 Å². The molecule has 0 radical (unpaired) electrons. The zero-order valence-electron chi connectivity index (χ0n) is 19.5. The van der Waals surface area contributed by atoms with Gasteiger partial charge in [0.15, 0.2) is 0 Å². The summed E-state index contributed by atoms with van der Waals surface area (Å²) in [5.74, 6) is 0.275. The van der Waals surface area contributed by atoms with Crippen molar-refractivity contribution in [3.05, 3.63) is 47.8 Å². The van der Waals surface area contributed by atoms with E-state index in [9.17, 15) is 9.59 Å². The van der Waals surface area contributed by atoms with Gasteiger partial charge in [-0.25, -0.2) is 4.79 Å². The topological polar surface area (TPSA) is 73.7 Å². The molecule has 0 unspecified atom stereocenters. The molecule has 2 aromatic rings. The Hall–Kier alpha value is -2.87. The summed E-state index contributed by atoms with van der Waals surface area (Å²) in [6.07, 6.45) is 5.53. The number of nitrogens with zero attached hydrogens (tertiary/aromatic N) is 5. The molecule has 1 N–H and O–H groups in total. The van der Waals surface area contributed by atoms with Gasteiger partial charge < -0.3 is 15.1 Å². The number of aryl methyl sites for hydroxylation is 2. The van der Waals surface area contributed by atoms with Crippen LogP contribution in [0.2, 0.25) is 0 Å². The average molecular weight is 439 g/mol. The first-order valence-electron chi connectivity index (χ1n) is 11.3. The summed E-state index contributed by atoms with van der Waals surface area (Å²) in [5, 5.41) is 7.35. The van der Waals surface area contributed by atoms with E-state index < -0.39 is 5.41 Å². The summed E-state index contributed by atoms with van der Waals surface area (Å²) in [5.41, 5.74) is 2.56. The van der Waals surface area contributed by atoms with Gasteiger partial charge in [0.1, 0.15) is 0 Å². The highest BCUT2D eigenvalue weighted by atomic mass is 16.2. The zero-order chi connectivity index (χ0) is 22.9. The lowest BCUT2D eigenvalue weighted by atomic mass is 9.74. The zero-order valence-corrected chi connectivity index (χ0v) is 19.5. The fraction of sp³-hybridized carbons (Fsp3) is 0.542. The van der Waals surface area contributed by atoms with Crippen molar-refractivity contribution in [1.29, 1.82) is 0 Å². The van der Waals surface area contributed by atoms with Crippen LogP contribution in [0.3, 0.4) is 0 Å². The lowest BCUT2D eigenvalue weighted by Gasteiger charge is -2.35. The molecule has 2 saturated heterocycles. The van der Waals surface area contributed by atoms with E-state index in [0.717, 1.165) is 49.3 Å². The molecule has 1 aromatic carbocycles. The predicted octanol–water partition coefficient (Wildman–Crippen LogP) is 2.56. The molecule has 2 atom stereocenters. The van der Waals surface area contributed by atoms with E-state index in [1.54, 1.807) is 4.90 Å². The third-order valence-corrected chi connectivity index (χ3v) is 6.93. The summed E-state index contributed by atoms with van der Waals surface area (Å²) < 4.78 is 1.81. The maximum atomic E-state index is 13.4. The van der Waals surface area contributed by atoms with Gasteiger partial charge in [-0.3, -0.25) is 14.4 Å². The SMILES string of the molecule is Cc1ccccc1NC(=O)N1CCC[C@]2(C(=O)N(C)C)CN(Cc3cnn(C)c3)C[C@H]2C1. The Labute approximate surface area is 190 Å². The van der Waals surface area contributed by atoms with Gasteiger partial charge in [0.2, 0.25) is 5.91 Å². The molecule has 3 heterocycles. The van der Waals surface area contributed by atoms with Crippen molar-refractivity contribution in [1.82, 2.24) is 24.5 Å².